The first-order valence-electron chi connectivity index (χ1n) is 18.5. The van der Waals surface area contributed by atoms with Crippen LogP contribution in [0.25, 0.3) is 0 Å². The van der Waals surface area contributed by atoms with E-state index in [1.54, 1.807) is 36.4 Å². The lowest BCUT2D eigenvalue weighted by molar-refractivity contribution is -0.392. The number of anilines is 3. The predicted molar refractivity (Wildman–Crippen MR) is 218 cm³/mol. The molecule has 19 heteroatoms. The molecule has 2 saturated heterocycles. The maximum absolute atomic E-state index is 15.4. The van der Waals surface area contributed by atoms with Gasteiger partial charge in [0.2, 0.25) is 11.8 Å². The third-order valence-electron chi connectivity index (χ3n) is 12.0. The summed E-state index contributed by atoms with van der Waals surface area (Å²) in [6.45, 7) is 0. The van der Waals surface area contributed by atoms with Crippen molar-refractivity contribution in [3.63, 3.8) is 0 Å². The van der Waals surface area contributed by atoms with Crippen LogP contribution in [0.15, 0.2) is 88.9 Å². The molecule has 0 radical (unpaired) electrons. The number of hydrazine groups is 1. The Kier molecular flexibility index (Phi) is 9.90. The summed E-state index contributed by atoms with van der Waals surface area (Å²) in [6.07, 6.45) is 1.59. The molecule has 16 nitrogen and oxygen atoms in total. The molecular weight excluding hydrogens is 871 g/mol. The van der Waals surface area contributed by atoms with Crippen molar-refractivity contribution in [3.05, 3.63) is 131 Å². The minimum Gasteiger partial charge on any atom is -0.503 e. The van der Waals surface area contributed by atoms with Gasteiger partial charge in [-0.15, -0.1) is 0 Å². The van der Waals surface area contributed by atoms with Crippen LogP contribution in [-0.4, -0.2) is 64.8 Å². The van der Waals surface area contributed by atoms with Gasteiger partial charge in [0.05, 0.1) is 56.0 Å². The van der Waals surface area contributed by atoms with Crippen LogP contribution in [0, 0.1) is 49.7 Å². The van der Waals surface area contributed by atoms with Gasteiger partial charge in [-0.1, -0.05) is 35.4 Å². The smallest absolute Gasteiger partial charge is 0.301 e. The van der Waals surface area contributed by atoms with Crippen LogP contribution in [0.5, 0.6) is 11.5 Å². The van der Waals surface area contributed by atoms with Crippen molar-refractivity contribution in [1.29, 1.82) is 0 Å². The molecule has 8 rings (SSSR count). The monoisotopic (exact) mass is 902 g/mol. The Labute approximate surface area is 353 Å². The fourth-order valence-corrected chi connectivity index (χ4v) is 10.2. The minimum absolute atomic E-state index is 0.0271. The number of ether oxygens (including phenoxy) is 1. The Balaban J connectivity index is 1.33. The Bertz CT molecular complexity index is 2560. The zero-order valence-electron chi connectivity index (χ0n) is 31.8. The highest BCUT2D eigenvalue weighted by Crippen LogP contribution is 2.65. The van der Waals surface area contributed by atoms with Gasteiger partial charge >= 0.3 is 11.4 Å². The van der Waals surface area contributed by atoms with Gasteiger partial charge in [0.1, 0.15) is 5.82 Å². The number of halogens is 3. The molecular formula is C41H33BrClFN6O10. The van der Waals surface area contributed by atoms with E-state index in [0.29, 0.717) is 21.7 Å². The van der Waals surface area contributed by atoms with Crippen LogP contribution in [0.1, 0.15) is 29.9 Å². The molecule has 308 valence electrons. The number of rotatable bonds is 9. The standard InChI is InChI=1S/C41H33BrClFN6O10/c1-46(2)35-30(49(56)57)16-24(17-31(35)50(58)59)47-37(52)26-13-12-25-27(33(26)39(47)54)18-28-38(53)48(45-23-10-8-22(44)9-11-23)40(55)41(28,20-4-6-21(43)7-5-20)34(25)19-14-29(42)36(51)32(15-19)60-3/h4-12,14-17,26-28,33-34,45,51H,13,18H2,1-3H3/t26-,27+,28-,33-,34-,41+/m0/s1. The van der Waals surface area contributed by atoms with E-state index in [4.69, 9.17) is 16.3 Å². The number of nitro groups is 2. The summed E-state index contributed by atoms with van der Waals surface area (Å²) in [5.74, 6) is -9.05. The van der Waals surface area contributed by atoms with E-state index < -0.39 is 85.7 Å². The lowest BCUT2D eigenvalue weighted by atomic mass is 9.49. The normalized spacial score (nSPS) is 24.4. The summed E-state index contributed by atoms with van der Waals surface area (Å²) in [7, 11) is 4.12. The Morgan fingerprint density at radius 1 is 0.933 bits per heavy atom. The first-order chi connectivity index (χ1) is 28.5. The maximum Gasteiger partial charge on any atom is 0.301 e. The summed E-state index contributed by atoms with van der Waals surface area (Å²) >= 11 is 9.76. The molecule has 0 unspecified atom stereocenters. The summed E-state index contributed by atoms with van der Waals surface area (Å²) < 4.78 is 19.7. The van der Waals surface area contributed by atoms with Crippen LogP contribution in [0.2, 0.25) is 5.02 Å². The van der Waals surface area contributed by atoms with E-state index >= 15 is 4.79 Å². The zero-order valence-corrected chi connectivity index (χ0v) is 34.1. The number of allylic oxidation sites excluding steroid dienone is 2. The minimum atomic E-state index is -1.75. The Morgan fingerprint density at radius 2 is 1.57 bits per heavy atom. The molecule has 1 saturated carbocycles. The molecule has 0 spiro atoms. The molecule has 2 heterocycles. The predicted octanol–water partition coefficient (Wildman–Crippen LogP) is 7.03. The van der Waals surface area contributed by atoms with Gasteiger partial charge in [0.15, 0.2) is 17.2 Å². The van der Waals surface area contributed by atoms with Gasteiger partial charge in [0, 0.05) is 37.2 Å². The number of hydrogen-bond donors (Lipinski definition) is 2. The molecule has 2 N–H and O–H groups in total. The average molecular weight is 904 g/mol. The van der Waals surface area contributed by atoms with Gasteiger partial charge < -0.3 is 14.7 Å². The third kappa shape index (κ3) is 5.98. The number of nitrogens with zero attached hydrogens (tertiary/aromatic N) is 5. The van der Waals surface area contributed by atoms with Crippen molar-refractivity contribution in [3.8, 4) is 11.5 Å². The summed E-state index contributed by atoms with van der Waals surface area (Å²) in [5, 5.41) is 36.6. The molecule has 0 bridgehead atoms. The summed E-state index contributed by atoms with van der Waals surface area (Å²) in [5.41, 5.74) is 0.569. The first kappa shape index (κ1) is 40.4. The number of hydrogen-bond acceptors (Lipinski definition) is 12. The summed E-state index contributed by atoms with van der Waals surface area (Å²) in [6, 6.07) is 16.5. The largest absolute Gasteiger partial charge is 0.503 e. The molecule has 0 aromatic heterocycles. The topological polar surface area (TPSA) is 206 Å². The maximum atomic E-state index is 15.4. The van der Waals surface area contributed by atoms with Crippen molar-refractivity contribution in [2.75, 3.05) is 36.4 Å². The van der Waals surface area contributed by atoms with Gasteiger partial charge in [-0.05, 0) is 94.3 Å². The highest BCUT2D eigenvalue weighted by Gasteiger charge is 2.70. The van der Waals surface area contributed by atoms with Crippen molar-refractivity contribution in [2.45, 2.75) is 24.2 Å². The zero-order chi connectivity index (χ0) is 43.1. The molecule has 3 fully saturated rings. The molecule has 4 amide bonds. The number of carbonyl (C=O) groups is 4. The van der Waals surface area contributed by atoms with E-state index in [9.17, 15) is 44.1 Å². The molecule has 2 aliphatic carbocycles. The van der Waals surface area contributed by atoms with E-state index in [-0.39, 0.29) is 45.9 Å². The average Bonchev–Trinajstić information content (AvgIpc) is 3.59. The fourth-order valence-electron chi connectivity index (χ4n) is 9.66. The van der Waals surface area contributed by atoms with Crippen LogP contribution >= 0.6 is 27.5 Å². The first-order valence-corrected chi connectivity index (χ1v) is 19.6. The van der Waals surface area contributed by atoms with Crippen LogP contribution in [-0.2, 0) is 24.6 Å². The number of nitro benzene ring substituents is 2. The number of methoxy groups -OCH3 is 1. The quantitative estimate of drug-likeness (QED) is 0.0752. The highest BCUT2D eigenvalue weighted by molar-refractivity contribution is 9.10. The lowest BCUT2D eigenvalue weighted by Gasteiger charge is -2.50. The Morgan fingerprint density at radius 3 is 2.15 bits per heavy atom. The van der Waals surface area contributed by atoms with E-state index in [0.717, 1.165) is 34.2 Å². The van der Waals surface area contributed by atoms with E-state index in [1.165, 1.54) is 44.3 Å². The number of fused-ring (bicyclic) bond motifs is 4. The third-order valence-corrected chi connectivity index (χ3v) is 12.9. The molecule has 4 aliphatic rings. The second-order valence-electron chi connectivity index (χ2n) is 15.2. The van der Waals surface area contributed by atoms with E-state index in [1.807, 2.05) is 0 Å². The number of phenols is 1. The fraction of sp³-hybridized carbons (Fsp3) is 0.268. The molecule has 6 atom stereocenters. The number of amides is 4. The van der Waals surface area contributed by atoms with Crippen LogP contribution in [0.4, 0.5) is 32.8 Å². The number of benzene rings is 4. The van der Waals surface area contributed by atoms with Gasteiger partial charge in [-0.2, -0.15) is 5.01 Å². The SMILES string of the molecule is COc1cc([C@H]2C3=CC[C@@H]4C(=O)N(c5cc([N+](=O)[O-])c(N(C)C)c([N+](=O)[O-])c5)C(=O)[C@@H]4[C@@H]3C[C@H]3C(=O)N(Nc4ccc(F)cc4)C(=O)[C@@]23c2ccc(Cl)cc2)cc(Br)c1O. The van der Waals surface area contributed by atoms with E-state index in [2.05, 4.69) is 21.4 Å². The van der Waals surface area contributed by atoms with Gasteiger partial charge in [0.25, 0.3) is 11.8 Å². The van der Waals surface area contributed by atoms with Crippen molar-refractivity contribution >= 4 is 79.6 Å². The number of imide groups is 2. The highest BCUT2D eigenvalue weighted by atomic mass is 79.9. The van der Waals surface area contributed by atoms with Crippen molar-refractivity contribution < 1.29 is 43.3 Å². The molecule has 4 aromatic rings. The van der Waals surface area contributed by atoms with Crippen molar-refractivity contribution in [2.24, 2.45) is 23.7 Å². The van der Waals surface area contributed by atoms with Crippen LogP contribution < -0.4 is 20.0 Å². The van der Waals surface area contributed by atoms with Crippen LogP contribution in [0.3, 0.4) is 0 Å². The number of carbonyl (C=O) groups excluding carboxylic acids is 4. The van der Waals surface area contributed by atoms with Gasteiger partial charge in [-0.3, -0.25) is 44.8 Å². The molecule has 60 heavy (non-hydrogen) atoms. The number of aromatic hydroxyl groups is 1. The summed E-state index contributed by atoms with van der Waals surface area (Å²) in [4.78, 5) is 84.3. The number of phenolic OH excluding ortho intramolecular Hbond substituents is 1. The second-order valence-corrected chi connectivity index (χ2v) is 16.5. The van der Waals surface area contributed by atoms with Crippen molar-refractivity contribution in [1.82, 2.24) is 5.01 Å². The van der Waals surface area contributed by atoms with Gasteiger partial charge in [-0.25, -0.2) is 9.29 Å². The molecule has 2 aliphatic heterocycles. The Hall–Kier alpha value is -6.40. The number of nitrogens with one attached hydrogen (secondary N) is 1. The molecule has 4 aromatic carbocycles. The lowest BCUT2D eigenvalue weighted by Crippen LogP contribution is -2.53. The second kappa shape index (κ2) is 14.7.